The molecule has 26 heavy (non-hydrogen) atoms. The maximum atomic E-state index is 5.36. The van der Waals surface area contributed by atoms with Crippen LogP contribution in [0.4, 0.5) is 5.82 Å². The van der Waals surface area contributed by atoms with Crippen LogP contribution in [-0.2, 0) is 0 Å². The molecule has 1 aromatic heterocycles. The van der Waals surface area contributed by atoms with Crippen molar-refractivity contribution < 1.29 is 9.47 Å². The van der Waals surface area contributed by atoms with Crippen molar-refractivity contribution in [3.05, 3.63) is 66.0 Å². The third kappa shape index (κ3) is 4.16. The number of nitrogens with one attached hydrogen (secondary N) is 1. The zero-order valence-electron chi connectivity index (χ0n) is 14.9. The fourth-order valence-electron chi connectivity index (χ4n) is 2.47. The summed E-state index contributed by atoms with van der Waals surface area (Å²) in [7, 11) is 3.23. The Morgan fingerprint density at radius 3 is 2.50 bits per heavy atom. The number of hydrogen-bond donors (Lipinski definition) is 1. The molecule has 0 fully saturated rings. The van der Waals surface area contributed by atoms with E-state index < -0.39 is 0 Å². The first-order valence-corrected chi connectivity index (χ1v) is 8.12. The van der Waals surface area contributed by atoms with E-state index >= 15 is 0 Å². The molecule has 0 radical (unpaired) electrons. The smallest absolute Gasteiger partial charge is 0.150 e. The van der Waals surface area contributed by atoms with Crippen LogP contribution in [0.15, 0.2) is 59.7 Å². The summed E-state index contributed by atoms with van der Waals surface area (Å²) in [6, 6.07) is 17.4. The lowest BCUT2D eigenvalue weighted by Crippen LogP contribution is -1.99. The molecule has 0 unspecified atom stereocenters. The number of nitrogens with zero attached hydrogens (tertiary/aromatic N) is 3. The fourth-order valence-corrected chi connectivity index (χ4v) is 2.47. The standard InChI is InChI=1S/C20H20N4O2/c1-14-22-18(15-7-5-4-6-8-15)12-20(23-14)24-21-13-16-9-10-17(25-2)11-19(16)26-3/h4-13H,1-3H3,(H,22,23,24)/b21-13-. The summed E-state index contributed by atoms with van der Waals surface area (Å²) in [5.41, 5.74) is 5.66. The van der Waals surface area contributed by atoms with E-state index in [-0.39, 0.29) is 0 Å². The number of aromatic nitrogens is 2. The van der Waals surface area contributed by atoms with Gasteiger partial charge in [0.2, 0.25) is 0 Å². The lowest BCUT2D eigenvalue weighted by Gasteiger charge is -2.07. The summed E-state index contributed by atoms with van der Waals surface area (Å²) < 4.78 is 10.6. The molecule has 1 heterocycles. The quantitative estimate of drug-likeness (QED) is 0.540. The summed E-state index contributed by atoms with van der Waals surface area (Å²) in [5, 5.41) is 4.27. The lowest BCUT2D eigenvalue weighted by atomic mass is 10.1. The Kier molecular flexibility index (Phi) is 5.43. The number of hydrogen-bond acceptors (Lipinski definition) is 6. The highest BCUT2D eigenvalue weighted by atomic mass is 16.5. The Balaban J connectivity index is 1.80. The van der Waals surface area contributed by atoms with Crippen LogP contribution in [0.25, 0.3) is 11.3 Å². The zero-order valence-corrected chi connectivity index (χ0v) is 14.9. The van der Waals surface area contributed by atoms with Gasteiger partial charge in [0.15, 0.2) is 0 Å². The summed E-state index contributed by atoms with van der Waals surface area (Å²) >= 11 is 0. The van der Waals surface area contributed by atoms with E-state index in [1.807, 2.05) is 61.5 Å². The summed E-state index contributed by atoms with van der Waals surface area (Å²) in [6.45, 7) is 1.85. The average Bonchev–Trinajstić information content (AvgIpc) is 2.68. The molecule has 0 amide bonds. The number of methoxy groups -OCH3 is 2. The van der Waals surface area contributed by atoms with Crippen molar-refractivity contribution in [3.8, 4) is 22.8 Å². The molecular formula is C20H20N4O2. The third-order valence-corrected chi connectivity index (χ3v) is 3.73. The predicted octanol–water partition coefficient (Wildman–Crippen LogP) is 3.92. The van der Waals surface area contributed by atoms with Gasteiger partial charge in [-0.2, -0.15) is 5.10 Å². The second-order valence-corrected chi connectivity index (χ2v) is 5.53. The van der Waals surface area contributed by atoms with Gasteiger partial charge in [0.1, 0.15) is 23.1 Å². The molecule has 6 heteroatoms. The van der Waals surface area contributed by atoms with Crippen LogP contribution in [0.5, 0.6) is 11.5 Å². The topological polar surface area (TPSA) is 68.6 Å². The van der Waals surface area contributed by atoms with E-state index in [0.717, 1.165) is 22.6 Å². The molecule has 0 aliphatic carbocycles. The Labute approximate surface area is 152 Å². The number of hydrazone groups is 1. The Morgan fingerprint density at radius 2 is 1.77 bits per heavy atom. The third-order valence-electron chi connectivity index (χ3n) is 3.73. The van der Waals surface area contributed by atoms with Gasteiger partial charge in [-0.05, 0) is 19.1 Å². The van der Waals surface area contributed by atoms with Gasteiger partial charge in [-0.15, -0.1) is 0 Å². The SMILES string of the molecule is COc1ccc(/C=N\Nc2cc(-c3ccccc3)nc(C)n2)c(OC)c1. The second kappa shape index (κ2) is 8.11. The normalized spacial score (nSPS) is 10.7. The maximum absolute atomic E-state index is 5.36. The van der Waals surface area contributed by atoms with Gasteiger partial charge in [-0.25, -0.2) is 9.97 Å². The Bertz CT molecular complexity index is 911. The van der Waals surface area contributed by atoms with Crippen LogP contribution in [-0.4, -0.2) is 30.4 Å². The van der Waals surface area contributed by atoms with Crippen LogP contribution in [0.1, 0.15) is 11.4 Å². The monoisotopic (exact) mass is 348 g/mol. The second-order valence-electron chi connectivity index (χ2n) is 5.53. The van der Waals surface area contributed by atoms with E-state index in [1.54, 1.807) is 20.4 Å². The molecule has 1 N–H and O–H groups in total. The van der Waals surface area contributed by atoms with Crippen LogP contribution in [0, 0.1) is 6.92 Å². The van der Waals surface area contributed by atoms with Crippen molar-refractivity contribution in [3.63, 3.8) is 0 Å². The number of rotatable bonds is 6. The molecule has 3 rings (SSSR count). The van der Waals surface area contributed by atoms with Gasteiger partial charge in [0, 0.05) is 23.3 Å². The number of benzene rings is 2. The van der Waals surface area contributed by atoms with E-state index in [9.17, 15) is 0 Å². The molecule has 2 aromatic carbocycles. The first kappa shape index (κ1) is 17.4. The van der Waals surface area contributed by atoms with Crippen LogP contribution in [0.2, 0.25) is 0 Å². The molecule has 0 aliphatic heterocycles. The molecular weight excluding hydrogens is 328 g/mol. The van der Waals surface area contributed by atoms with Gasteiger partial charge in [0.25, 0.3) is 0 Å². The molecule has 0 saturated carbocycles. The van der Waals surface area contributed by atoms with Crippen molar-refractivity contribution >= 4 is 12.0 Å². The lowest BCUT2D eigenvalue weighted by molar-refractivity contribution is 0.394. The van der Waals surface area contributed by atoms with E-state index in [4.69, 9.17) is 9.47 Å². The van der Waals surface area contributed by atoms with Crippen LogP contribution >= 0.6 is 0 Å². The molecule has 0 aliphatic rings. The minimum absolute atomic E-state index is 0.625. The van der Waals surface area contributed by atoms with Gasteiger partial charge >= 0.3 is 0 Å². The van der Waals surface area contributed by atoms with E-state index in [0.29, 0.717) is 17.4 Å². The molecule has 3 aromatic rings. The van der Waals surface area contributed by atoms with Gasteiger partial charge in [0.05, 0.1) is 26.1 Å². The molecule has 0 saturated heterocycles. The van der Waals surface area contributed by atoms with Gasteiger partial charge in [-0.3, -0.25) is 5.43 Å². The van der Waals surface area contributed by atoms with Crippen molar-refractivity contribution in [1.29, 1.82) is 0 Å². The van der Waals surface area contributed by atoms with Gasteiger partial charge in [-0.1, -0.05) is 30.3 Å². The van der Waals surface area contributed by atoms with Crippen molar-refractivity contribution in [2.45, 2.75) is 6.92 Å². The molecule has 132 valence electrons. The Hall–Kier alpha value is -3.41. The molecule has 0 spiro atoms. The summed E-state index contributed by atoms with van der Waals surface area (Å²) in [4.78, 5) is 8.85. The van der Waals surface area contributed by atoms with Crippen molar-refractivity contribution in [1.82, 2.24) is 9.97 Å². The maximum Gasteiger partial charge on any atom is 0.150 e. The number of aryl methyl sites for hydroxylation is 1. The van der Waals surface area contributed by atoms with Crippen LogP contribution < -0.4 is 14.9 Å². The van der Waals surface area contributed by atoms with E-state index in [1.165, 1.54) is 0 Å². The minimum atomic E-state index is 0.625. The average molecular weight is 348 g/mol. The van der Waals surface area contributed by atoms with Gasteiger partial charge < -0.3 is 9.47 Å². The summed E-state index contributed by atoms with van der Waals surface area (Å²) in [6.07, 6.45) is 1.68. The van der Waals surface area contributed by atoms with E-state index in [2.05, 4.69) is 20.5 Å². The highest BCUT2D eigenvalue weighted by Crippen LogP contribution is 2.23. The fraction of sp³-hybridized carbons (Fsp3) is 0.150. The Morgan fingerprint density at radius 1 is 0.962 bits per heavy atom. The summed E-state index contributed by atoms with van der Waals surface area (Å²) in [5.74, 6) is 2.70. The highest BCUT2D eigenvalue weighted by molar-refractivity contribution is 5.84. The largest absolute Gasteiger partial charge is 0.497 e. The highest BCUT2D eigenvalue weighted by Gasteiger charge is 2.05. The van der Waals surface area contributed by atoms with Crippen molar-refractivity contribution in [2.75, 3.05) is 19.6 Å². The zero-order chi connectivity index (χ0) is 18.4. The molecule has 0 atom stereocenters. The first-order valence-electron chi connectivity index (χ1n) is 8.12. The van der Waals surface area contributed by atoms with Crippen LogP contribution in [0.3, 0.4) is 0 Å². The number of anilines is 1. The van der Waals surface area contributed by atoms with Crippen molar-refractivity contribution in [2.24, 2.45) is 5.10 Å². The number of ether oxygens (including phenoxy) is 2. The molecule has 0 bridgehead atoms. The predicted molar refractivity (Wildman–Crippen MR) is 103 cm³/mol. The first-order chi connectivity index (χ1) is 12.7. The minimum Gasteiger partial charge on any atom is -0.497 e. The molecule has 6 nitrogen and oxygen atoms in total.